The first-order valence-corrected chi connectivity index (χ1v) is 5.79. The minimum absolute atomic E-state index is 0.151. The summed E-state index contributed by atoms with van der Waals surface area (Å²) in [5.41, 5.74) is 0. The largest absolute Gasteiger partial charge is 0.452 e. The van der Waals surface area contributed by atoms with Crippen LogP contribution in [0.3, 0.4) is 0 Å². The second kappa shape index (κ2) is 5.89. The predicted octanol–water partition coefficient (Wildman–Crippen LogP) is -0.806. The van der Waals surface area contributed by atoms with Crippen molar-refractivity contribution < 1.29 is 23.1 Å². The van der Waals surface area contributed by atoms with Gasteiger partial charge in [0.15, 0.2) is 0 Å². The lowest BCUT2D eigenvalue weighted by molar-refractivity contribution is 0.177. The number of carbonyl (C=O) groups is 1. The molecule has 0 rings (SSSR count). The number of rotatable bonds is 5. The number of hydrogen-bond donors (Lipinski definition) is 3. The Labute approximate surface area is 89.0 Å². The molecule has 3 N–H and O–H groups in total. The van der Waals surface area contributed by atoms with Gasteiger partial charge in [-0.15, -0.1) is 0 Å². The fraction of sp³-hybridized carbons (Fsp3) is 0.857. The zero-order valence-corrected chi connectivity index (χ0v) is 9.67. The molecule has 0 bridgehead atoms. The minimum atomic E-state index is -3.93. The molecule has 0 spiro atoms. The van der Waals surface area contributed by atoms with Gasteiger partial charge in [-0.1, -0.05) is 6.92 Å². The molecule has 0 aromatic carbocycles. The summed E-state index contributed by atoms with van der Waals surface area (Å²) in [6.07, 6.45) is -1.06. The Morgan fingerprint density at radius 3 is 2.40 bits per heavy atom. The number of carbonyl (C=O) groups excluding carboxylic acids is 1. The van der Waals surface area contributed by atoms with Crippen molar-refractivity contribution in [3.05, 3.63) is 0 Å². The van der Waals surface area contributed by atoms with Gasteiger partial charge in [-0.2, -0.15) is 13.1 Å². The smallest absolute Gasteiger partial charge is 0.421 e. The van der Waals surface area contributed by atoms with Crippen LogP contribution in [-0.4, -0.2) is 39.4 Å². The van der Waals surface area contributed by atoms with Crippen molar-refractivity contribution >= 4 is 16.3 Å². The van der Waals surface area contributed by atoms with Gasteiger partial charge in [0.1, 0.15) is 0 Å². The van der Waals surface area contributed by atoms with E-state index in [1.807, 2.05) is 0 Å². The zero-order valence-electron chi connectivity index (χ0n) is 8.85. The van der Waals surface area contributed by atoms with Gasteiger partial charge < -0.3 is 9.84 Å². The van der Waals surface area contributed by atoms with Crippen LogP contribution in [0.5, 0.6) is 0 Å². The highest BCUT2D eigenvalue weighted by atomic mass is 32.2. The van der Waals surface area contributed by atoms with Crippen LogP contribution in [-0.2, 0) is 14.9 Å². The van der Waals surface area contributed by atoms with E-state index in [0.717, 1.165) is 7.11 Å². The molecule has 0 aliphatic rings. The van der Waals surface area contributed by atoms with Crippen molar-refractivity contribution in [3.63, 3.8) is 0 Å². The predicted molar refractivity (Wildman–Crippen MR) is 53.3 cm³/mol. The van der Waals surface area contributed by atoms with Gasteiger partial charge >= 0.3 is 16.3 Å². The van der Waals surface area contributed by atoms with E-state index in [0.29, 0.717) is 0 Å². The van der Waals surface area contributed by atoms with Crippen LogP contribution in [0.15, 0.2) is 0 Å². The zero-order chi connectivity index (χ0) is 12.1. The van der Waals surface area contributed by atoms with Crippen LogP contribution in [0.25, 0.3) is 0 Å². The number of hydrogen-bond acceptors (Lipinski definition) is 5. The Hall–Kier alpha value is -0.860. The molecule has 0 saturated heterocycles. The first kappa shape index (κ1) is 14.1. The van der Waals surface area contributed by atoms with Gasteiger partial charge in [-0.05, 0) is 12.8 Å². The summed E-state index contributed by atoms with van der Waals surface area (Å²) in [7, 11) is -2.87. The van der Waals surface area contributed by atoms with Gasteiger partial charge in [-0.3, -0.25) is 0 Å². The maximum Gasteiger partial charge on any atom is 0.421 e. The lowest BCUT2D eigenvalue weighted by atomic mass is 10.1. The van der Waals surface area contributed by atoms with Crippen LogP contribution >= 0.6 is 0 Å². The molecular weight excluding hydrogens is 224 g/mol. The number of aliphatic hydroxyl groups excluding tert-OH is 1. The molecule has 0 aliphatic heterocycles. The number of amides is 1. The van der Waals surface area contributed by atoms with Crippen LogP contribution in [0, 0.1) is 5.92 Å². The monoisotopic (exact) mass is 240 g/mol. The summed E-state index contributed by atoms with van der Waals surface area (Å²) >= 11 is 0. The molecule has 15 heavy (non-hydrogen) atoms. The number of ether oxygens (including phenoxy) is 1. The first-order valence-electron chi connectivity index (χ1n) is 4.31. The lowest BCUT2D eigenvalue weighted by Gasteiger charge is -2.18. The summed E-state index contributed by atoms with van der Waals surface area (Å²) < 4.78 is 30.4. The normalized spacial score (nSPS) is 15.5. The van der Waals surface area contributed by atoms with Crippen molar-refractivity contribution in [2.75, 3.05) is 13.7 Å². The molecule has 0 aromatic rings. The molecule has 0 saturated carbocycles. The van der Waals surface area contributed by atoms with Gasteiger partial charge in [-0.25, -0.2) is 9.52 Å². The van der Waals surface area contributed by atoms with E-state index in [9.17, 15) is 13.2 Å². The number of aliphatic hydroxyl groups is 1. The SMILES string of the molecule is COC(=O)NS(=O)(=O)NC(C)C(C)CO. The second-order valence-corrected chi connectivity index (χ2v) is 4.61. The van der Waals surface area contributed by atoms with Crippen LogP contribution in [0.4, 0.5) is 4.79 Å². The van der Waals surface area contributed by atoms with E-state index >= 15 is 0 Å². The van der Waals surface area contributed by atoms with E-state index < -0.39 is 22.3 Å². The molecule has 2 atom stereocenters. The third kappa shape index (κ3) is 5.55. The molecule has 0 aromatic heterocycles. The fourth-order valence-corrected chi connectivity index (χ4v) is 1.78. The van der Waals surface area contributed by atoms with Crippen molar-refractivity contribution in [2.45, 2.75) is 19.9 Å². The Morgan fingerprint density at radius 2 is 2.00 bits per heavy atom. The number of methoxy groups -OCH3 is 1. The van der Waals surface area contributed by atoms with E-state index in [-0.39, 0.29) is 12.5 Å². The number of nitrogens with one attached hydrogen (secondary N) is 2. The average molecular weight is 240 g/mol. The Bertz CT molecular complexity index is 303. The first-order chi connectivity index (χ1) is 6.82. The Balaban J connectivity index is 4.32. The maximum atomic E-state index is 11.2. The van der Waals surface area contributed by atoms with Crippen molar-refractivity contribution in [1.82, 2.24) is 9.44 Å². The minimum Gasteiger partial charge on any atom is -0.452 e. The lowest BCUT2D eigenvalue weighted by Crippen LogP contribution is -2.46. The molecule has 0 aliphatic carbocycles. The highest BCUT2D eigenvalue weighted by Gasteiger charge is 2.20. The van der Waals surface area contributed by atoms with Crippen LogP contribution < -0.4 is 9.44 Å². The molecular formula is C7H16N2O5S. The van der Waals surface area contributed by atoms with E-state index in [2.05, 4.69) is 9.46 Å². The van der Waals surface area contributed by atoms with E-state index in [1.54, 1.807) is 18.6 Å². The van der Waals surface area contributed by atoms with Gasteiger partial charge in [0.05, 0.1) is 7.11 Å². The van der Waals surface area contributed by atoms with Crippen molar-refractivity contribution in [3.8, 4) is 0 Å². The molecule has 8 heteroatoms. The van der Waals surface area contributed by atoms with E-state index in [4.69, 9.17) is 5.11 Å². The summed E-state index contributed by atoms with van der Waals surface area (Å²) in [4.78, 5) is 10.6. The van der Waals surface area contributed by atoms with Gasteiger partial charge in [0.2, 0.25) is 0 Å². The van der Waals surface area contributed by atoms with Crippen molar-refractivity contribution in [1.29, 1.82) is 0 Å². The van der Waals surface area contributed by atoms with Crippen molar-refractivity contribution in [2.24, 2.45) is 5.92 Å². The summed E-state index contributed by atoms with van der Waals surface area (Å²) in [5, 5.41) is 8.78. The van der Waals surface area contributed by atoms with E-state index in [1.165, 1.54) is 0 Å². The van der Waals surface area contributed by atoms with Crippen LogP contribution in [0.1, 0.15) is 13.8 Å². The van der Waals surface area contributed by atoms with Gasteiger partial charge in [0, 0.05) is 12.6 Å². The molecule has 0 radical (unpaired) electrons. The summed E-state index contributed by atoms with van der Waals surface area (Å²) in [6, 6.07) is -0.489. The Kier molecular flexibility index (Phi) is 5.55. The molecule has 0 fully saturated rings. The molecule has 1 amide bonds. The second-order valence-electron chi connectivity index (χ2n) is 3.16. The average Bonchev–Trinajstić information content (AvgIpc) is 2.14. The highest BCUT2D eigenvalue weighted by Crippen LogP contribution is 2.01. The third-order valence-electron chi connectivity index (χ3n) is 1.89. The highest BCUT2D eigenvalue weighted by molar-refractivity contribution is 7.88. The molecule has 0 heterocycles. The molecule has 7 nitrogen and oxygen atoms in total. The molecule has 2 unspecified atom stereocenters. The summed E-state index contributed by atoms with van der Waals surface area (Å²) in [5.74, 6) is -0.251. The topological polar surface area (TPSA) is 105 Å². The summed E-state index contributed by atoms with van der Waals surface area (Å²) in [6.45, 7) is 3.10. The fourth-order valence-electron chi connectivity index (χ4n) is 0.700. The maximum absolute atomic E-state index is 11.2. The van der Waals surface area contributed by atoms with Gasteiger partial charge in [0.25, 0.3) is 0 Å². The third-order valence-corrected chi connectivity index (χ3v) is 3.00. The Morgan fingerprint density at radius 1 is 1.47 bits per heavy atom. The van der Waals surface area contributed by atoms with Crippen LogP contribution in [0.2, 0.25) is 0 Å². The molecule has 90 valence electrons. The standard InChI is InChI=1S/C7H16N2O5S/c1-5(4-10)6(2)8-15(12,13)9-7(11)14-3/h5-6,8,10H,4H2,1-3H3,(H,9,11). The quantitative estimate of drug-likeness (QED) is 0.583.